The molecule has 0 saturated carbocycles. The summed E-state index contributed by atoms with van der Waals surface area (Å²) in [6.07, 6.45) is -2.38. The molecular formula is C29H34F3N3O3. The van der Waals surface area contributed by atoms with Gasteiger partial charge in [0.25, 0.3) is 0 Å². The van der Waals surface area contributed by atoms with E-state index in [1.54, 1.807) is 53.1 Å². The van der Waals surface area contributed by atoms with E-state index in [4.69, 9.17) is 0 Å². The topological polar surface area (TPSA) is 60.9 Å². The number of alkyl halides is 3. The highest BCUT2D eigenvalue weighted by Crippen LogP contribution is 2.36. The third-order valence-corrected chi connectivity index (χ3v) is 7.64. The van der Waals surface area contributed by atoms with Crippen LogP contribution in [0.5, 0.6) is 0 Å². The second kappa shape index (κ2) is 11.6. The van der Waals surface area contributed by atoms with Gasteiger partial charge in [-0.1, -0.05) is 42.5 Å². The van der Waals surface area contributed by atoms with Crippen LogP contribution in [0.3, 0.4) is 0 Å². The molecule has 0 aromatic heterocycles. The van der Waals surface area contributed by atoms with Gasteiger partial charge in [0, 0.05) is 64.1 Å². The molecule has 0 N–H and O–H groups in total. The van der Waals surface area contributed by atoms with Gasteiger partial charge in [-0.2, -0.15) is 13.2 Å². The Kier molecular flexibility index (Phi) is 8.43. The van der Waals surface area contributed by atoms with Crippen LogP contribution in [0.15, 0.2) is 54.6 Å². The van der Waals surface area contributed by atoms with Gasteiger partial charge in [0.05, 0.1) is 5.56 Å². The lowest BCUT2D eigenvalue weighted by atomic mass is 9.81. The van der Waals surface area contributed by atoms with Crippen LogP contribution in [0.2, 0.25) is 0 Å². The monoisotopic (exact) mass is 529 g/mol. The van der Waals surface area contributed by atoms with Crippen LogP contribution in [0, 0.1) is 11.8 Å². The molecule has 0 aliphatic carbocycles. The lowest BCUT2D eigenvalue weighted by Crippen LogP contribution is -2.52. The fourth-order valence-corrected chi connectivity index (χ4v) is 5.58. The molecule has 2 aliphatic rings. The van der Waals surface area contributed by atoms with Crippen molar-refractivity contribution in [3.8, 4) is 0 Å². The van der Waals surface area contributed by atoms with Crippen molar-refractivity contribution in [1.82, 2.24) is 14.7 Å². The Hall–Kier alpha value is -3.36. The fourth-order valence-electron chi connectivity index (χ4n) is 5.58. The number of Topliss-reactive ketones (excluding diaryl/α,β-unsaturated/α-hetero) is 1. The normalized spacial score (nSPS) is 20.8. The molecule has 38 heavy (non-hydrogen) atoms. The zero-order chi connectivity index (χ0) is 27.4. The quantitative estimate of drug-likeness (QED) is 0.494. The van der Waals surface area contributed by atoms with E-state index >= 15 is 0 Å². The molecule has 2 unspecified atom stereocenters. The molecule has 204 valence electrons. The fraction of sp³-hybridized carbons (Fsp3) is 0.483. The number of hydrogen-bond acceptors (Lipinski definition) is 3. The summed E-state index contributed by atoms with van der Waals surface area (Å²) in [6, 6.07) is 14.0. The molecule has 3 amide bonds. The number of amides is 3. The molecular weight excluding hydrogens is 495 g/mol. The summed E-state index contributed by atoms with van der Waals surface area (Å²) < 4.78 is 39.3. The van der Waals surface area contributed by atoms with Gasteiger partial charge in [0.1, 0.15) is 0 Å². The summed E-state index contributed by atoms with van der Waals surface area (Å²) in [6.45, 7) is 1.72. The minimum Gasteiger partial charge on any atom is -0.349 e. The Morgan fingerprint density at radius 1 is 0.895 bits per heavy atom. The number of ketones is 1. The SMILES string of the molecule is CN(C)C(=O)C1CCN(C(=O)N2CC(CC(=O)c3ccccc3)CC(c3ccc(C(F)(F)F)cc3)C2)CC1. The van der Waals surface area contributed by atoms with Gasteiger partial charge in [0.2, 0.25) is 5.91 Å². The van der Waals surface area contributed by atoms with Crippen molar-refractivity contribution in [2.75, 3.05) is 40.3 Å². The zero-order valence-corrected chi connectivity index (χ0v) is 21.8. The number of carbonyl (C=O) groups excluding carboxylic acids is 3. The van der Waals surface area contributed by atoms with Crippen molar-refractivity contribution >= 4 is 17.7 Å². The molecule has 0 bridgehead atoms. The summed E-state index contributed by atoms with van der Waals surface area (Å²) in [4.78, 5) is 43.9. The minimum absolute atomic E-state index is 0.0147. The lowest BCUT2D eigenvalue weighted by Gasteiger charge is -2.42. The molecule has 4 rings (SSSR count). The van der Waals surface area contributed by atoms with Crippen LogP contribution in [0.4, 0.5) is 18.0 Å². The van der Waals surface area contributed by atoms with Crippen LogP contribution < -0.4 is 0 Å². The zero-order valence-electron chi connectivity index (χ0n) is 21.8. The molecule has 2 fully saturated rings. The minimum atomic E-state index is -4.42. The van der Waals surface area contributed by atoms with Crippen molar-refractivity contribution in [2.24, 2.45) is 11.8 Å². The van der Waals surface area contributed by atoms with Crippen LogP contribution >= 0.6 is 0 Å². The first kappa shape index (κ1) is 27.7. The first-order valence-electron chi connectivity index (χ1n) is 13.0. The van der Waals surface area contributed by atoms with Gasteiger partial charge in [-0.15, -0.1) is 0 Å². The second-order valence-electron chi connectivity index (χ2n) is 10.6. The maximum Gasteiger partial charge on any atom is 0.416 e. The van der Waals surface area contributed by atoms with Crippen molar-refractivity contribution in [3.63, 3.8) is 0 Å². The second-order valence-corrected chi connectivity index (χ2v) is 10.6. The molecule has 0 radical (unpaired) electrons. The van der Waals surface area contributed by atoms with E-state index in [-0.39, 0.29) is 41.9 Å². The molecule has 2 aromatic carbocycles. The van der Waals surface area contributed by atoms with Crippen LogP contribution in [-0.4, -0.2) is 72.7 Å². The predicted molar refractivity (Wildman–Crippen MR) is 138 cm³/mol. The number of urea groups is 1. The van der Waals surface area contributed by atoms with E-state index in [1.807, 2.05) is 6.07 Å². The van der Waals surface area contributed by atoms with Gasteiger partial charge < -0.3 is 14.7 Å². The third kappa shape index (κ3) is 6.55. The lowest BCUT2D eigenvalue weighted by molar-refractivity contribution is -0.137. The average Bonchev–Trinajstić information content (AvgIpc) is 2.92. The number of piperidine rings is 2. The summed E-state index contributed by atoms with van der Waals surface area (Å²) in [5.74, 6) is -0.362. The maximum atomic E-state index is 13.6. The van der Waals surface area contributed by atoms with Gasteiger partial charge in [0.15, 0.2) is 5.78 Å². The number of halogens is 3. The van der Waals surface area contributed by atoms with E-state index in [0.29, 0.717) is 51.0 Å². The van der Waals surface area contributed by atoms with Gasteiger partial charge in [-0.3, -0.25) is 9.59 Å². The van der Waals surface area contributed by atoms with Gasteiger partial charge in [-0.05, 0) is 42.9 Å². The average molecular weight is 530 g/mol. The van der Waals surface area contributed by atoms with E-state index in [9.17, 15) is 27.6 Å². The Morgan fingerprint density at radius 3 is 2.11 bits per heavy atom. The van der Waals surface area contributed by atoms with E-state index in [2.05, 4.69) is 0 Å². The van der Waals surface area contributed by atoms with Gasteiger partial charge in [-0.25, -0.2) is 4.79 Å². The molecule has 9 heteroatoms. The molecule has 2 heterocycles. The van der Waals surface area contributed by atoms with Crippen LogP contribution in [0.25, 0.3) is 0 Å². The molecule has 2 saturated heterocycles. The molecule has 0 spiro atoms. The highest BCUT2D eigenvalue weighted by molar-refractivity contribution is 5.96. The van der Waals surface area contributed by atoms with Crippen molar-refractivity contribution < 1.29 is 27.6 Å². The number of nitrogens with zero attached hydrogens (tertiary/aromatic N) is 3. The number of carbonyl (C=O) groups is 3. The summed E-state index contributed by atoms with van der Waals surface area (Å²) in [5, 5.41) is 0. The Morgan fingerprint density at radius 2 is 1.53 bits per heavy atom. The predicted octanol–water partition coefficient (Wildman–Crippen LogP) is 5.30. The summed E-state index contributed by atoms with van der Waals surface area (Å²) in [7, 11) is 3.46. The molecule has 6 nitrogen and oxygen atoms in total. The Bertz CT molecular complexity index is 1130. The van der Waals surface area contributed by atoms with Crippen molar-refractivity contribution in [2.45, 2.75) is 37.8 Å². The first-order chi connectivity index (χ1) is 18.0. The highest BCUT2D eigenvalue weighted by Gasteiger charge is 2.37. The first-order valence-corrected chi connectivity index (χ1v) is 13.0. The number of hydrogen-bond donors (Lipinski definition) is 0. The van der Waals surface area contributed by atoms with Gasteiger partial charge >= 0.3 is 12.2 Å². The summed E-state index contributed by atoms with van der Waals surface area (Å²) in [5.41, 5.74) is 0.619. The molecule has 2 aliphatic heterocycles. The van der Waals surface area contributed by atoms with E-state index in [0.717, 1.165) is 17.7 Å². The number of likely N-dealkylation sites (tertiary alicyclic amines) is 2. The maximum absolute atomic E-state index is 13.6. The van der Waals surface area contributed by atoms with Crippen molar-refractivity contribution in [3.05, 3.63) is 71.3 Å². The Balaban J connectivity index is 1.50. The van der Waals surface area contributed by atoms with Crippen molar-refractivity contribution in [1.29, 1.82) is 0 Å². The Labute approximate surface area is 221 Å². The van der Waals surface area contributed by atoms with Crippen LogP contribution in [0.1, 0.15) is 53.1 Å². The van der Waals surface area contributed by atoms with E-state index in [1.165, 1.54) is 12.1 Å². The highest BCUT2D eigenvalue weighted by atomic mass is 19.4. The molecule has 2 atom stereocenters. The third-order valence-electron chi connectivity index (χ3n) is 7.64. The standard InChI is InChI=1S/C29H34F3N3O3/c1-33(2)27(37)23-12-14-34(15-13-23)28(38)35-18-20(17-26(36)22-6-4-3-5-7-22)16-24(19-35)21-8-10-25(11-9-21)29(30,31)32/h3-11,20,23-24H,12-19H2,1-2H3. The summed E-state index contributed by atoms with van der Waals surface area (Å²) >= 11 is 0. The van der Waals surface area contributed by atoms with E-state index < -0.39 is 11.7 Å². The van der Waals surface area contributed by atoms with Crippen LogP contribution in [-0.2, 0) is 11.0 Å². The molecule has 2 aromatic rings. The largest absolute Gasteiger partial charge is 0.416 e. The number of benzene rings is 2. The smallest absolute Gasteiger partial charge is 0.349 e. The number of rotatable bonds is 5.